The van der Waals surface area contributed by atoms with Gasteiger partial charge in [-0.05, 0) is 11.6 Å². The molecule has 0 bridgehead atoms. The van der Waals surface area contributed by atoms with Crippen LogP contribution in [0.1, 0.15) is 11.1 Å². The van der Waals surface area contributed by atoms with Gasteiger partial charge in [0.05, 0.1) is 28.0 Å². The Morgan fingerprint density at radius 2 is 1.54 bits per heavy atom. The minimum atomic E-state index is -2.19. The topological polar surface area (TPSA) is 55.8 Å². The highest BCUT2D eigenvalue weighted by Gasteiger charge is 2.54. The Hall–Kier alpha value is -2.60. The van der Waals surface area contributed by atoms with Crippen LogP contribution in [0.25, 0.3) is 0 Å². The van der Waals surface area contributed by atoms with Gasteiger partial charge in [0.15, 0.2) is 0 Å². The smallest absolute Gasteiger partial charge is 0.414 e. The summed E-state index contributed by atoms with van der Waals surface area (Å²) in [5, 5.41) is 1.22. The molecule has 0 saturated carbocycles. The van der Waals surface area contributed by atoms with Gasteiger partial charge in [-0.3, -0.25) is 4.90 Å². The Labute approximate surface area is 154 Å². The zero-order valence-electron chi connectivity index (χ0n) is 15.4. The molecule has 3 rings (SSSR count). The molecule has 1 heterocycles. The molecule has 136 valence electrons. The van der Waals surface area contributed by atoms with Crippen LogP contribution in [0.5, 0.6) is 0 Å². The number of hydrogen-bond acceptors (Lipinski definition) is 4. The normalized spacial score (nSPS) is 19.0. The van der Waals surface area contributed by atoms with E-state index in [2.05, 4.69) is 25.2 Å². The summed E-state index contributed by atoms with van der Waals surface area (Å²) >= 11 is 0. The van der Waals surface area contributed by atoms with Crippen molar-refractivity contribution < 1.29 is 19.1 Å². The van der Waals surface area contributed by atoms with Crippen molar-refractivity contribution in [1.82, 2.24) is 0 Å². The second-order valence-electron chi connectivity index (χ2n) is 6.93. The predicted octanol–water partition coefficient (Wildman–Crippen LogP) is 3.05. The van der Waals surface area contributed by atoms with Crippen molar-refractivity contribution in [2.24, 2.45) is 0 Å². The van der Waals surface area contributed by atoms with Crippen LogP contribution in [0.2, 0.25) is 13.1 Å². The average Bonchev–Trinajstić information content (AvgIpc) is 3.03. The maximum Gasteiger partial charge on any atom is 0.414 e. The molecule has 2 atom stereocenters. The number of rotatable bonds is 3. The van der Waals surface area contributed by atoms with Crippen LogP contribution >= 0.6 is 0 Å². The standard InChI is InChI=1S/C20H23NO4Si/c1-24-19(22)17-18(26(3,4)14-10-6-5-7-11-14)15-12-8-9-13-16(15)21(17)20(23)25-2/h5-13,17-18H,1-4H3/t17-,18-/m1/s1. The van der Waals surface area contributed by atoms with E-state index in [0.29, 0.717) is 0 Å². The molecule has 1 aliphatic heterocycles. The van der Waals surface area contributed by atoms with Gasteiger partial charge in [0.1, 0.15) is 6.04 Å². The first-order chi connectivity index (χ1) is 12.4. The molecule has 0 spiro atoms. The molecule has 0 fully saturated rings. The highest BCUT2D eigenvalue weighted by atomic mass is 28.3. The lowest BCUT2D eigenvalue weighted by molar-refractivity contribution is -0.142. The SMILES string of the molecule is COC(=O)[C@H]1[C@H]([Si](C)(C)c2ccccc2)c2ccccc2N1C(=O)OC. The van der Waals surface area contributed by atoms with Gasteiger partial charge in [-0.25, -0.2) is 9.59 Å². The largest absolute Gasteiger partial charge is 0.467 e. The zero-order valence-corrected chi connectivity index (χ0v) is 16.4. The quantitative estimate of drug-likeness (QED) is 0.616. The summed E-state index contributed by atoms with van der Waals surface area (Å²) in [6.07, 6.45) is -0.548. The second-order valence-corrected chi connectivity index (χ2v) is 11.6. The Balaban J connectivity index is 2.21. The number of methoxy groups -OCH3 is 2. The van der Waals surface area contributed by atoms with E-state index >= 15 is 0 Å². The number of anilines is 1. The number of nitrogens with zero attached hydrogens (tertiary/aromatic N) is 1. The first-order valence-electron chi connectivity index (χ1n) is 8.53. The highest BCUT2D eigenvalue weighted by Crippen LogP contribution is 2.46. The molecule has 6 heteroatoms. The van der Waals surface area contributed by atoms with E-state index < -0.39 is 26.2 Å². The molecule has 0 saturated heterocycles. The van der Waals surface area contributed by atoms with E-state index in [-0.39, 0.29) is 5.54 Å². The second kappa shape index (κ2) is 6.95. The van der Waals surface area contributed by atoms with Gasteiger partial charge in [-0.1, -0.05) is 66.8 Å². The Bertz CT molecular complexity index is 822. The molecule has 5 nitrogen and oxygen atoms in total. The van der Waals surface area contributed by atoms with Gasteiger partial charge in [0, 0.05) is 5.54 Å². The number of fused-ring (bicyclic) bond motifs is 1. The molecule has 1 aliphatic rings. The Morgan fingerprint density at radius 3 is 2.15 bits per heavy atom. The number of esters is 1. The molecule has 0 aromatic heterocycles. The van der Waals surface area contributed by atoms with Crippen LogP contribution < -0.4 is 10.1 Å². The summed E-state index contributed by atoms with van der Waals surface area (Å²) in [5.74, 6) is -0.423. The van der Waals surface area contributed by atoms with E-state index in [9.17, 15) is 9.59 Å². The Morgan fingerprint density at radius 1 is 0.923 bits per heavy atom. The monoisotopic (exact) mass is 369 g/mol. The van der Waals surface area contributed by atoms with Crippen LogP contribution in [0.4, 0.5) is 10.5 Å². The van der Waals surface area contributed by atoms with Crippen LogP contribution in [0.3, 0.4) is 0 Å². The number of carbonyl (C=O) groups is 2. The summed E-state index contributed by atoms with van der Waals surface area (Å²) in [6, 6.07) is 17.1. The summed E-state index contributed by atoms with van der Waals surface area (Å²) < 4.78 is 10.1. The van der Waals surface area contributed by atoms with E-state index in [1.165, 1.54) is 24.3 Å². The highest BCUT2D eigenvalue weighted by molar-refractivity contribution is 6.91. The van der Waals surface area contributed by atoms with Crippen LogP contribution in [0.15, 0.2) is 54.6 Å². The van der Waals surface area contributed by atoms with Crippen LogP contribution in [0, 0.1) is 0 Å². The third kappa shape index (κ3) is 2.80. The van der Waals surface area contributed by atoms with Crippen LogP contribution in [-0.2, 0) is 14.3 Å². The number of para-hydroxylation sites is 1. The first kappa shape index (κ1) is 18.2. The Kier molecular flexibility index (Phi) is 4.87. The van der Waals surface area contributed by atoms with Crippen molar-refractivity contribution >= 4 is 31.0 Å². The predicted molar refractivity (Wildman–Crippen MR) is 103 cm³/mol. The number of hydrogen-bond donors (Lipinski definition) is 0. The van der Waals surface area contributed by atoms with E-state index in [4.69, 9.17) is 9.47 Å². The minimum absolute atomic E-state index is 0.132. The molecular weight excluding hydrogens is 346 g/mol. The lowest BCUT2D eigenvalue weighted by atomic mass is 10.1. The summed E-state index contributed by atoms with van der Waals surface area (Å²) in [4.78, 5) is 26.7. The molecular formula is C20H23NO4Si. The average molecular weight is 369 g/mol. The van der Waals surface area contributed by atoms with Gasteiger partial charge in [-0.15, -0.1) is 0 Å². The van der Waals surface area contributed by atoms with Crippen molar-refractivity contribution in [2.45, 2.75) is 24.7 Å². The van der Waals surface area contributed by atoms with Crippen LogP contribution in [-0.4, -0.2) is 40.4 Å². The summed E-state index contributed by atoms with van der Waals surface area (Å²) in [7, 11) is 0.491. The maximum atomic E-state index is 12.8. The third-order valence-electron chi connectivity index (χ3n) is 5.23. The number of benzene rings is 2. The molecule has 0 unspecified atom stereocenters. The molecule has 0 radical (unpaired) electrons. The fraction of sp³-hybridized carbons (Fsp3) is 0.300. The number of carbonyl (C=O) groups excluding carboxylic acids is 2. The van der Waals surface area contributed by atoms with E-state index in [0.717, 1.165) is 11.3 Å². The van der Waals surface area contributed by atoms with E-state index in [1.54, 1.807) is 0 Å². The molecule has 0 aliphatic carbocycles. The van der Waals surface area contributed by atoms with Crippen molar-refractivity contribution in [3.8, 4) is 0 Å². The fourth-order valence-corrected chi connectivity index (χ4v) is 7.45. The molecule has 26 heavy (non-hydrogen) atoms. The summed E-state index contributed by atoms with van der Waals surface area (Å²) in [5.41, 5.74) is 1.58. The van der Waals surface area contributed by atoms with Gasteiger partial charge >= 0.3 is 12.1 Å². The molecule has 0 N–H and O–H groups in total. The zero-order chi connectivity index (χ0) is 18.9. The van der Waals surface area contributed by atoms with Crippen molar-refractivity contribution in [2.75, 3.05) is 19.1 Å². The van der Waals surface area contributed by atoms with Gasteiger partial charge in [0.2, 0.25) is 0 Å². The third-order valence-corrected chi connectivity index (χ3v) is 9.24. The number of amides is 1. The molecule has 2 aromatic rings. The number of ether oxygens (including phenoxy) is 2. The van der Waals surface area contributed by atoms with Crippen molar-refractivity contribution in [3.05, 3.63) is 60.2 Å². The minimum Gasteiger partial charge on any atom is -0.467 e. The van der Waals surface area contributed by atoms with Crippen molar-refractivity contribution in [3.63, 3.8) is 0 Å². The van der Waals surface area contributed by atoms with Crippen molar-refractivity contribution in [1.29, 1.82) is 0 Å². The molecule has 1 amide bonds. The van der Waals surface area contributed by atoms with Gasteiger partial charge < -0.3 is 9.47 Å². The summed E-state index contributed by atoms with van der Waals surface area (Å²) in [6.45, 7) is 4.45. The lowest BCUT2D eigenvalue weighted by Gasteiger charge is -2.35. The molecule has 2 aromatic carbocycles. The fourth-order valence-electron chi connectivity index (χ4n) is 3.94. The van der Waals surface area contributed by atoms with E-state index in [1.807, 2.05) is 42.5 Å². The first-order valence-corrected chi connectivity index (χ1v) is 11.6. The van der Waals surface area contributed by atoms with Gasteiger partial charge in [0.25, 0.3) is 0 Å². The maximum absolute atomic E-state index is 12.8. The lowest BCUT2D eigenvalue weighted by Crippen LogP contribution is -2.56. The van der Waals surface area contributed by atoms with Gasteiger partial charge in [-0.2, -0.15) is 0 Å².